The Balaban J connectivity index is 1.99. The topological polar surface area (TPSA) is 37.8 Å². The number of hydrogen-bond donors (Lipinski definition) is 1. The molecule has 0 fully saturated rings. The van der Waals surface area contributed by atoms with E-state index >= 15 is 0 Å². The summed E-state index contributed by atoms with van der Waals surface area (Å²) < 4.78 is 1.93. The average Bonchev–Trinajstić information content (AvgIpc) is 2.62. The van der Waals surface area contributed by atoms with E-state index in [-0.39, 0.29) is 0 Å². The van der Waals surface area contributed by atoms with E-state index in [0.717, 1.165) is 20.8 Å². The van der Waals surface area contributed by atoms with Gasteiger partial charge >= 0.3 is 0 Å². The van der Waals surface area contributed by atoms with Gasteiger partial charge in [0.15, 0.2) is 0 Å². The van der Waals surface area contributed by atoms with E-state index in [4.69, 9.17) is 0 Å². The first kappa shape index (κ1) is 11.0. The highest BCUT2D eigenvalue weighted by Crippen LogP contribution is 2.22. The Morgan fingerprint density at radius 3 is 2.80 bits per heavy atom. The highest BCUT2D eigenvalue weighted by molar-refractivity contribution is 9.11. The minimum Gasteiger partial charge on any atom is -0.365 e. The Hall–Kier alpha value is -0.460. The fourth-order valence-electron chi connectivity index (χ4n) is 1.05. The zero-order chi connectivity index (χ0) is 10.7. The van der Waals surface area contributed by atoms with E-state index in [0.29, 0.717) is 0 Å². The Labute approximate surface area is 108 Å². The molecular formula is C9H7Br2N3S. The molecule has 0 atom stereocenters. The molecule has 15 heavy (non-hydrogen) atoms. The zero-order valence-electron chi connectivity index (χ0n) is 7.58. The summed E-state index contributed by atoms with van der Waals surface area (Å²) in [6.45, 7) is 0.778. The summed E-state index contributed by atoms with van der Waals surface area (Å²) in [7, 11) is 0. The number of rotatable bonds is 3. The zero-order valence-corrected chi connectivity index (χ0v) is 11.6. The molecule has 0 unspecified atom stereocenters. The smallest absolute Gasteiger partial charge is 0.130 e. The molecule has 0 aliphatic heterocycles. The van der Waals surface area contributed by atoms with Gasteiger partial charge in [-0.1, -0.05) is 0 Å². The molecule has 3 nitrogen and oxygen atoms in total. The van der Waals surface area contributed by atoms with Crippen molar-refractivity contribution in [2.24, 2.45) is 0 Å². The van der Waals surface area contributed by atoms with Gasteiger partial charge in [-0.2, -0.15) is 0 Å². The normalized spacial score (nSPS) is 10.3. The maximum absolute atomic E-state index is 4.10. The van der Waals surface area contributed by atoms with E-state index in [2.05, 4.69) is 53.2 Å². The summed E-state index contributed by atoms with van der Waals surface area (Å²) in [4.78, 5) is 9.32. The van der Waals surface area contributed by atoms with E-state index in [9.17, 15) is 0 Å². The standard InChI is InChI=1S/C9H7Br2N3S/c10-7-3-9(14-5-13-7)12-4-6-1-2-8(11)15-6/h1-3,5H,4H2,(H,12,13,14). The lowest BCUT2D eigenvalue weighted by molar-refractivity contribution is 1.08. The number of aromatic nitrogens is 2. The van der Waals surface area contributed by atoms with Crippen LogP contribution in [0.2, 0.25) is 0 Å². The van der Waals surface area contributed by atoms with Crippen LogP contribution in [0.15, 0.2) is 32.9 Å². The third kappa shape index (κ3) is 3.25. The van der Waals surface area contributed by atoms with Gasteiger partial charge < -0.3 is 5.32 Å². The van der Waals surface area contributed by atoms with Crippen LogP contribution in [0.25, 0.3) is 0 Å². The van der Waals surface area contributed by atoms with Gasteiger partial charge in [0.2, 0.25) is 0 Å². The van der Waals surface area contributed by atoms with E-state index in [1.54, 1.807) is 11.3 Å². The number of halogens is 2. The van der Waals surface area contributed by atoms with E-state index in [1.165, 1.54) is 11.2 Å². The second-order valence-corrected chi connectivity index (χ2v) is 6.15. The van der Waals surface area contributed by atoms with Crippen molar-refractivity contribution < 1.29 is 0 Å². The van der Waals surface area contributed by atoms with E-state index < -0.39 is 0 Å². The van der Waals surface area contributed by atoms with Crippen LogP contribution in [0, 0.1) is 0 Å². The van der Waals surface area contributed by atoms with Crippen LogP contribution in [0.1, 0.15) is 4.88 Å². The van der Waals surface area contributed by atoms with Crippen molar-refractivity contribution in [1.29, 1.82) is 0 Å². The van der Waals surface area contributed by atoms with Crippen molar-refractivity contribution in [2.45, 2.75) is 6.54 Å². The summed E-state index contributed by atoms with van der Waals surface area (Å²) >= 11 is 8.43. The number of nitrogens with zero attached hydrogens (tertiary/aromatic N) is 2. The van der Waals surface area contributed by atoms with Gasteiger partial charge in [-0.05, 0) is 44.0 Å². The lowest BCUT2D eigenvalue weighted by atomic mass is 10.4. The molecule has 0 spiro atoms. The fraction of sp³-hybridized carbons (Fsp3) is 0.111. The number of thiophene rings is 1. The van der Waals surface area contributed by atoms with Gasteiger partial charge in [0.05, 0.1) is 10.3 Å². The van der Waals surface area contributed by atoms with E-state index in [1.807, 2.05) is 12.1 Å². The van der Waals surface area contributed by atoms with Crippen LogP contribution in [-0.4, -0.2) is 9.97 Å². The van der Waals surface area contributed by atoms with Crippen LogP contribution in [-0.2, 0) is 6.54 Å². The molecule has 0 aromatic carbocycles. The first-order chi connectivity index (χ1) is 7.24. The predicted octanol–water partition coefficient (Wildman–Crippen LogP) is 3.68. The minimum atomic E-state index is 0.778. The summed E-state index contributed by atoms with van der Waals surface area (Å²) in [5, 5.41) is 3.22. The summed E-state index contributed by atoms with van der Waals surface area (Å²) in [5.74, 6) is 0.821. The minimum absolute atomic E-state index is 0.778. The van der Waals surface area contributed by atoms with Crippen LogP contribution in [0.5, 0.6) is 0 Å². The van der Waals surface area contributed by atoms with Crippen molar-refractivity contribution in [2.75, 3.05) is 5.32 Å². The van der Waals surface area contributed by atoms with Crippen LogP contribution in [0.4, 0.5) is 5.82 Å². The second kappa shape index (κ2) is 5.05. The van der Waals surface area contributed by atoms with Gasteiger partial charge in [-0.25, -0.2) is 9.97 Å². The molecule has 0 aliphatic rings. The van der Waals surface area contributed by atoms with Crippen molar-refractivity contribution in [3.8, 4) is 0 Å². The van der Waals surface area contributed by atoms with Crippen molar-refractivity contribution in [1.82, 2.24) is 9.97 Å². The molecule has 0 amide bonds. The lowest BCUT2D eigenvalue weighted by Gasteiger charge is -2.02. The Kier molecular flexibility index (Phi) is 3.71. The van der Waals surface area contributed by atoms with Crippen LogP contribution >= 0.6 is 43.2 Å². The van der Waals surface area contributed by atoms with Crippen molar-refractivity contribution in [3.05, 3.63) is 37.8 Å². The molecule has 2 aromatic heterocycles. The third-order valence-electron chi connectivity index (χ3n) is 1.71. The maximum Gasteiger partial charge on any atom is 0.130 e. The first-order valence-corrected chi connectivity index (χ1v) is 6.60. The van der Waals surface area contributed by atoms with Crippen molar-refractivity contribution in [3.63, 3.8) is 0 Å². The van der Waals surface area contributed by atoms with Gasteiger partial charge in [0.1, 0.15) is 16.7 Å². The SMILES string of the molecule is Brc1cc(NCc2ccc(Br)s2)ncn1. The largest absolute Gasteiger partial charge is 0.365 e. The summed E-state index contributed by atoms with van der Waals surface area (Å²) in [6, 6.07) is 5.97. The third-order valence-corrected chi connectivity index (χ3v) is 3.76. The van der Waals surface area contributed by atoms with Gasteiger partial charge in [-0.3, -0.25) is 0 Å². The predicted molar refractivity (Wildman–Crippen MR) is 69.1 cm³/mol. The molecule has 0 bridgehead atoms. The first-order valence-electron chi connectivity index (χ1n) is 4.19. The fourth-order valence-corrected chi connectivity index (χ4v) is 2.79. The highest BCUT2D eigenvalue weighted by atomic mass is 79.9. The number of hydrogen-bond acceptors (Lipinski definition) is 4. The molecule has 78 valence electrons. The molecule has 6 heteroatoms. The molecule has 2 aromatic rings. The molecule has 2 rings (SSSR count). The van der Waals surface area contributed by atoms with Crippen molar-refractivity contribution >= 4 is 49.0 Å². The summed E-state index contributed by atoms with van der Waals surface area (Å²) in [6.07, 6.45) is 1.52. The van der Waals surface area contributed by atoms with Gasteiger partial charge in [-0.15, -0.1) is 11.3 Å². The maximum atomic E-state index is 4.10. The van der Waals surface area contributed by atoms with Crippen LogP contribution < -0.4 is 5.32 Å². The molecule has 0 aliphatic carbocycles. The molecule has 0 saturated heterocycles. The second-order valence-electron chi connectivity index (χ2n) is 2.79. The van der Waals surface area contributed by atoms with Gasteiger partial charge in [0, 0.05) is 10.9 Å². The number of anilines is 1. The molecule has 0 radical (unpaired) electrons. The van der Waals surface area contributed by atoms with Crippen LogP contribution in [0.3, 0.4) is 0 Å². The Morgan fingerprint density at radius 2 is 2.13 bits per heavy atom. The molecular weight excluding hydrogens is 342 g/mol. The molecule has 0 saturated carbocycles. The average molecular weight is 349 g/mol. The highest BCUT2D eigenvalue weighted by Gasteiger charge is 1.99. The summed E-state index contributed by atoms with van der Waals surface area (Å²) in [5.41, 5.74) is 0. The monoisotopic (exact) mass is 347 g/mol. The lowest BCUT2D eigenvalue weighted by Crippen LogP contribution is -1.99. The Morgan fingerprint density at radius 1 is 1.27 bits per heavy atom. The quantitative estimate of drug-likeness (QED) is 0.860. The number of nitrogens with one attached hydrogen (secondary N) is 1. The Bertz CT molecular complexity index is 458. The van der Waals surface area contributed by atoms with Gasteiger partial charge in [0.25, 0.3) is 0 Å². The molecule has 1 N–H and O–H groups in total. The molecule has 2 heterocycles.